The van der Waals surface area contributed by atoms with Crippen LogP contribution in [0.1, 0.15) is 18.5 Å². The highest BCUT2D eigenvalue weighted by Gasteiger charge is 2.16. The van der Waals surface area contributed by atoms with Gasteiger partial charge >= 0.3 is 0 Å². The van der Waals surface area contributed by atoms with Gasteiger partial charge in [0, 0.05) is 6.07 Å². The van der Waals surface area contributed by atoms with Crippen molar-refractivity contribution in [2.75, 3.05) is 19.8 Å². The molecule has 3 aromatic rings. The molecule has 0 radical (unpaired) electrons. The Balaban J connectivity index is 1.34. The molecule has 0 spiro atoms. The third-order valence-electron chi connectivity index (χ3n) is 4.24. The average Bonchev–Trinajstić information content (AvgIpc) is 3.27. The number of rotatable bonds is 6. The van der Waals surface area contributed by atoms with Crippen LogP contribution in [0.3, 0.4) is 0 Å². The molecule has 0 saturated carbocycles. The Bertz CT molecular complexity index is 961. The summed E-state index contributed by atoms with van der Waals surface area (Å²) in [6.07, 6.45) is 1.49. The number of carbonyl (C=O) groups excluding carboxylic acids is 1. The Hall–Kier alpha value is -3.62. The van der Waals surface area contributed by atoms with Crippen LogP contribution < -0.4 is 19.5 Å². The number of aromatic nitrogens is 4. The number of nitrogens with zero attached hydrogens (tertiary/aromatic N) is 4. The summed E-state index contributed by atoms with van der Waals surface area (Å²) in [5.74, 6) is 1.74. The molecule has 144 valence electrons. The third kappa shape index (κ3) is 4.03. The molecule has 1 aliphatic heterocycles. The molecule has 0 unspecified atom stereocenters. The van der Waals surface area contributed by atoms with E-state index in [1.165, 1.54) is 11.0 Å². The molecule has 0 bridgehead atoms. The van der Waals surface area contributed by atoms with Crippen LogP contribution in [0.25, 0.3) is 5.69 Å². The summed E-state index contributed by atoms with van der Waals surface area (Å²) in [7, 11) is 0. The van der Waals surface area contributed by atoms with Gasteiger partial charge < -0.3 is 19.5 Å². The van der Waals surface area contributed by atoms with E-state index >= 15 is 0 Å². The summed E-state index contributed by atoms with van der Waals surface area (Å²) in [5, 5.41) is 13.9. The zero-order chi connectivity index (χ0) is 19.3. The minimum atomic E-state index is -0.227. The molecule has 28 heavy (non-hydrogen) atoms. The standard InChI is InChI=1S/C19H19N5O4/c1-13(14-5-6-17-18(9-14)27-8-7-26-17)21-19(25)11-28-16-4-2-3-15(10-16)24-12-20-22-23-24/h2-6,9-10,12-13H,7-8,11H2,1H3,(H,21,25)/t13-/m1/s1. The number of hydrogen-bond donors (Lipinski definition) is 1. The van der Waals surface area contributed by atoms with E-state index in [1.807, 2.05) is 37.3 Å². The number of nitrogens with one attached hydrogen (secondary N) is 1. The second-order valence-electron chi connectivity index (χ2n) is 6.23. The lowest BCUT2D eigenvalue weighted by atomic mass is 10.1. The van der Waals surface area contributed by atoms with Crippen molar-refractivity contribution >= 4 is 5.91 Å². The zero-order valence-electron chi connectivity index (χ0n) is 15.2. The van der Waals surface area contributed by atoms with Gasteiger partial charge in [0.1, 0.15) is 25.3 Å². The summed E-state index contributed by atoms with van der Waals surface area (Å²) in [6.45, 7) is 2.87. The fourth-order valence-corrected chi connectivity index (χ4v) is 2.84. The van der Waals surface area contributed by atoms with Crippen molar-refractivity contribution in [3.8, 4) is 22.9 Å². The second-order valence-corrected chi connectivity index (χ2v) is 6.23. The van der Waals surface area contributed by atoms with Gasteiger partial charge in [-0.05, 0) is 47.2 Å². The normalized spacial score (nSPS) is 13.6. The first-order valence-electron chi connectivity index (χ1n) is 8.84. The smallest absolute Gasteiger partial charge is 0.258 e. The number of carbonyl (C=O) groups is 1. The Morgan fingerprint density at radius 1 is 1.21 bits per heavy atom. The van der Waals surface area contributed by atoms with Crippen molar-refractivity contribution in [2.24, 2.45) is 0 Å². The Morgan fingerprint density at radius 2 is 2.07 bits per heavy atom. The number of fused-ring (bicyclic) bond motifs is 1. The van der Waals surface area contributed by atoms with Gasteiger partial charge in [0.25, 0.3) is 5.91 Å². The van der Waals surface area contributed by atoms with Crippen LogP contribution in [0.4, 0.5) is 0 Å². The minimum absolute atomic E-state index is 0.103. The molecular formula is C19H19N5O4. The molecule has 9 heteroatoms. The number of ether oxygens (including phenoxy) is 3. The molecule has 0 saturated heterocycles. The first-order chi connectivity index (χ1) is 13.7. The number of amides is 1. The summed E-state index contributed by atoms with van der Waals surface area (Å²) in [6, 6.07) is 12.6. The van der Waals surface area contributed by atoms with Crippen LogP contribution in [0.15, 0.2) is 48.8 Å². The van der Waals surface area contributed by atoms with Gasteiger partial charge in [-0.15, -0.1) is 5.10 Å². The molecule has 0 fully saturated rings. The molecule has 2 aromatic carbocycles. The van der Waals surface area contributed by atoms with Gasteiger partial charge in [0.15, 0.2) is 18.1 Å². The molecule has 1 aliphatic rings. The van der Waals surface area contributed by atoms with Crippen LogP contribution in [-0.2, 0) is 4.79 Å². The van der Waals surface area contributed by atoms with E-state index in [2.05, 4.69) is 20.8 Å². The topological polar surface area (TPSA) is 100 Å². The highest BCUT2D eigenvalue weighted by Crippen LogP contribution is 2.32. The summed E-state index contributed by atoms with van der Waals surface area (Å²) >= 11 is 0. The van der Waals surface area contributed by atoms with Gasteiger partial charge in [-0.1, -0.05) is 12.1 Å². The average molecular weight is 381 g/mol. The molecule has 1 amide bonds. The highest BCUT2D eigenvalue weighted by molar-refractivity contribution is 5.78. The van der Waals surface area contributed by atoms with Crippen molar-refractivity contribution in [3.05, 3.63) is 54.4 Å². The molecule has 1 atom stereocenters. The largest absolute Gasteiger partial charge is 0.486 e. The molecule has 2 heterocycles. The molecule has 0 aliphatic carbocycles. The van der Waals surface area contributed by atoms with Crippen molar-refractivity contribution in [1.29, 1.82) is 0 Å². The minimum Gasteiger partial charge on any atom is -0.486 e. The summed E-state index contributed by atoms with van der Waals surface area (Å²) in [4.78, 5) is 12.3. The van der Waals surface area contributed by atoms with Gasteiger partial charge in [0.05, 0.1) is 11.7 Å². The zero-order valence-corrected chi connectivity index (χ0v) is 15.2. The fourth-order valence-electron chi connectivity index (χ4n) is 2.84. The Labute approximate surface area is 161 Å². The van der Waals surface area contributed by atoms with Crippen LogP contribution >= 0.6 is 0 Å². The maximum atomic E-state index is 12.3. The lowest BCUT2D eigenvalue weighted by molar-refractivity contribution is -0.123. The van der Waals surface area contributed by atoms with Crippen LogP contribution in [0.5, 0.6) is 17.2 Å². The lowest BCUT2D eigenvalue weighted by Crippen LogP contribution is -2.31. The van der Waals surface area contributed by atoms with Crippen LogP contribution in [0.2, 0.25) is 0 Å². The monoisotopic (exact) mass is 381 g/mol. The summed E-state index contributed by atoms with van der Waals surface area (Å²) < 4.78 is 18.2. The Morgan fingerprint density at radius 3 is 2.89 bits per heavy atom. The number of benzene rings is 2. The Kier molecular flexibility index (Phi) is 5.05. The first kappa shape index (κ1) is 17.8. The maximum Gasteiger partial charge on any atom is 0.258 e. The second kappa shape index (κ2) is 7.95. The number of tetrazole rings is 1. The van der Waals surface area contributed by atoms with E-state index in [9.17, 15) is 4.79 Å². The first-order valence-corrected chi connectivity index (χ1v) is 8.84. The summed E-state index contributed by atoms with van der Waals surface area (Å²) in [5.41, 5.74) is 1.67. The molecule has 4 rings (SSSR count). The molecule has 1 aromatic heterocycles. The third-order valence-corrected chi connectivity index (χ3v) is 4.24. The van der Waals surface area contributed by atoms with Crippen molar-refractivity contribution in [2.45, 2.75) is 13.0 Å². The van der Waals surface area contributed by atoms with Gasteiger partial charge in [-0.3, -0.25) is 4.79 Å². The van der Waals surface area contributed by atoms with Crippen molar-refractivity contribution in [3.63, 3.8) is 0 Å². The fraction of sp³-hybridized carbons (Fsp3) is 0.263. The van der Waals surface area contributed by atoms with E-state index in [0.29, 0.717) is 24.7 Å². The number of hydrogen-bond acceptors (Lipinski definition) is 7. The lowest BCUT2D eigenvalue weighted by Gasteiger charge is -2.21. The van der Waals surface area contributed by atoms with E-state index in [-0.39, 0.29) is 18.6 Å². The quantitative estimate of drug-likeness (QED) is 0.693. The maximum absolute atomic E-state index is 12.3. The molecular weight excluding hydrogens is 362 g/mol. The predicted octanol–water partition coefficient (Wildman–Crippen LogP) is 1.69. The van der Waals surface area contributed by atoms with E-state index in [1.54, 1.807) is 12.1 Å². The van der Waals surface area contributed by atoms with E-state index < -0.39 is 0 Å². The van der Waals surface area contributed by atoms with Gasteiger partial charge in [0.2, 0.25) is 0 Å². The van der Waals surface area contributed by atoms with Crippen molar-refractivity contribution < 1.29 is 19.0 Å². The molecule has 1 N–H and O–H groups in total. The predicted molar refractivity (Wildman–Crippen MR) is 98.6 cm³/mol. The van der Waals surface area contributed by atoms with Crippen molar-refractivity contribution in [1.82, 2.24) is 25.5 Å². The SMILES string of the molecule is C[C@@H](NC(=O)COc1cccc(-n2cnnn2)c1)c1ccc2c(c1)OCCO2. The molecule has 9 nitrogen and oxygen atoms in total. The van der Waals surface area contributed by atoms with Gasteiger partial charge in [-0.25, -0.2) is 4.68 Å². The van der Waals surface area contributed by atoms with Crippen LogP contribution in [0, 0.1) is 0 Å². The van der Waals surface area contributed by atoms with E-state index in [4.69, 9.17) is 14.2 Å². The van der Waals surface area contributed by atoms with E-state index in [0.717, 1.165) is 17.0 Å². The van der Waals surface area contributed by atoms with Crippen LogP contribution in [-0.4, -0.2) is 45.9 Å². The van der Waals surface area contributed by atoms with Gasteiger partial charge in [-0.2, -0.15) is 0 Å². The highest BCUT2D eigenvalue weighted by atomic mass is 16.6.